The number of esters is 1. The largest absolute Gasteiger partial charge is 0.475 e. The van der Waals surface area contributed by atoms with Gasteiger partial charge < -0.3 is 19.1 Å². The van der Waals surface area contributed by atoms with Gasteiger partial charge in [-0.05, 0) is 32.9 Å². The molecule has 1 amide bonds. The fourth-order valence-corrected chi connectivity index (χ4v) is 2.72. The monoisotopic (exact) mass is 369 g/mol. The van der Waals surface area contributed by atoms with Crippen molar-refractivity contribution in [3.8, 4) is 5.75 Å². The predicted octanol–water partition coefficient (Wildman–Crippen LogP) is 3.57. The average molecular weight is 370 g/mol. The molecule has 0 spiro atoms. The number of carbonyl (C=O) groups excluding carboxylic acids is 2. The van der Waals surface area contributed by atoms with Crippen molar-refractivity contribution in [2.24, 2.45) is 0 Å². The number of piperidine rings is 1. The number of halogens is 1. The summed E-state index contributed by atoms with van der Waals surface area (Å²) >= 11 is 5.55. The topological polar surface area (TPSA) is 65.1 Å². The van der Waals surface area contributed by atoms with Crippen molar-refractivity contribution >= 4 is 23.7 Å². The summed E-state index contributed by atoms with van der Waals surface area (Å²) in [5.41, 5.74) is -1.72. The van der Waals surface area contributed by atoms with Crippen LogP contribution in [0.4, 0.5) is 4.79 Å². The number of para-hydroxylation sites is 1. The molecule has 138 valence electrons. The van der Waals surface area contributed by atoms with Crippen LogP contribution >= 0.6 is 11.6 Å². The van der Waals surface area contributed by atoms with E-state index in [0.29, 0.717) is 31.7 Å². The number of likely N-dealkylation sites (tertiary alicyclic amines) is 1. The predicted molar refractivity (Wildman–Crippen MR) is 93.7 cm³/mol. The minimum absolute atomic E-state index is 0.242. The number of benzene rings is 1. The number of alkyl halides is 1. The summed E-state index contributed by atoms with van der Waals surface area (Å²) in [6, 6.07) is 8.82. The first-order valence-electron chi connectivity index (χ1n) is 8.21. The summed E-state index contributed by atoms with van der Waals surface area (Å²) in [5, 5.41) is 0. The molecule has 6 nitrogen and oxygen atoms in total. The van der Waals surface area contributed by atoms with E-state index in [1.54, 1.807) is 17.0 Å². The first-order valence-corrected chi connectivity index (χ1v) is 8.74. The summed E-state index contributed by atoms with van der Waals surface area (Å²) < 4.78 is 16.4. The zero-order chi connectivity index (χ0) is 18.5. The molecule has 1 saturated heterocycles. The number of hydrogen-bond donors (Lipinski definition) is 0. The minimum atomic E-state index is -1.16. The van der Waals surface area contributed by atoms with E-state index in [0.717, 1.165) is 0 Å². The summed E-state index contributed by atoms with van der Waals surface area (Å²) in [6.45, 7) is 6.11. The molecule has 0 aliphatic carbocycles. The van der Waals surface area contributed by atoms with Crippen molar-refractivity contribution in [1.82, 2.24) is 4.90 Å². The third-order valence-electron chi connectivity index (χ3n) is 3.84. The van der Waals surface area contributed by atoms with E-state index < -0.39 is 23.3 Å². The zero-order valence-corrected chi connectivity index (χ0v) is 15.5. The van der Waals surface area contributed by atoms with Gasteiger partial charge in [0.1, 0.15) is 11.4 Å². The van der Waals surface area contributed by atoms with Crippen molar-refractivity contribution in [3.05, 3.63) is 30.3 Å². The molecule has 0 atom stereocenters. The number of amides is 1. The first-order chi connectivity index (χ1) is 11.8. The Kier molecular flexibility index (Phi) is 6.16. The highest BCUT2D eigenvalue weighted by Crippen LogP contribution is 2.31. The number of rotatable bonds is 4. The molecule has 1 aromatic rings. The van der Waals surface area contributed by atoms with Gasteiger partial charge in [0.2, 0.25) is 5.60 Å². The second-order valence-corrected chi connectivity index (χ2v) is 7.14. The lowest BCUT2D eigenvalue weighted by Crippen LogP contribution is -2.55. The molecular formula is C18H24ClNO5. The van der Waals surface area contributed by atoms with E-state index in [1.165, 1.54) is 0 Å². The van der Waals surface area contributed by atoms with E-state index in [2.05, 4.69) is 0 Å². The van der Waals surface area contributed by atoms with Crippen LogP contribution in [0.5, 0.6) is 5.75 Å². The van der Waals surface area contributed by atoms with E-state index >= 15 is 0 Å². The van der Waals surface area contributed by atoms with Crippen LogP contribution in [-0.4, -0.2) is 47.3 Å². The number of nitrogens with zero attached hydrogens (tertiary/aromatic N) is 1. The molecule has 0 saturated carbocycles. The SMILES string of the molecule is CC(C)(C)OC(=O)N1CCC(Oc2ccccc2)(C(=O)OCCl)CC1. The van der Waals surface area contributed by atoms with Gasteiger partial charge in [-0.15, -0.1) is 0 Å². The fourth-order valence-electron chi connectivity index (χ4n) is 2.62. The van der Waals surface area contributed by atoms with Crippen LogP contribution in [0.15, 0.2) is 30.3 Å². The zero-order valence-electron chi connectivity index (χ0n) is 14.8. The lowest BCUT2D eigenvalue weighted by atomic mass is 9.91. The molecular weight excluding hydrogens is 346 g/mol. The van der Waals surface area contributed by atoms with Gasteiger partial charge in [0, 0.05) is 25.9 Å². The number of hydrogen-bond acceptors (Lipinski definition) is 5. The quantitative estimate of drug-likeness (QED) is 0.599. The van der Waals surface area contributed by atoms with Crippen molar-refractivity contribution in [3.63, 3.8) is 0 Å². The molecule has 0 radical (unpaired) electrons. The third kappa shape index (κ3) is 5.26. The Morgan fingerprint density at radius 3 is 2.28 bits per heavy atom. The van der Waals surface area contributed by atoms with Crippen LogP contribution in [0.25, 0.3) is 0 Å². The highest BCUT2D eigenvalue weighted by molar-refractivity contribution is 6.17. The molecule has 1 aliphatic heterocycles. The first kappa shape index (κ1) is 19.4. The Bertz CT molecular complexity index is 591. The van der Waals surface area contributed by atoms with Gasteiger partial charge in [-0.2, -0.15) is 0 Å². The molecule has 0 bridgehead atoms. The number of carbonyl (C=O) groups is 2. The van der Waals surface area contributed by atoms with Crippen molar-refractivity contribution in [2.45, 2.75) is 44.8 Å². The lowest BCUT2D eigenvalue weighted by Gasteiger charge is -2.39. The minimum Gasteiger partial charge on any atom is -0.475 e. The summed E-state index contributed by atoms with van der Waals surface area (Å²) in [4.78, 5) is 26.2. The Labute approximate surface area is 153 Å². The Balaban J connectivity index is 2.09. The van der Waals surface area contributed by atoms with Gasteiger partial charge in [-0.3, -0.25) is 0 Å². The molecule has 1 fully saturated rings. The highest BCUT2D eigenvalue weighted by Gasteiger charge is 2.46. The fraction of sp³-hybridized carbons (Fsp3) is 0.556. The Morgan fingerprint density at radius 2 is 1.76 bits per heavy atom. The average Bonchev–Trinajstić information content (AvgIpc) is 2.55. The third-order valence-corrected chi connectivity index (χ3v) is 3.95. The van der Waals surface area contributed by atoms with Crippen LogP contribution in [0.2, 0.25) is 0 Å². The molecule has 2 rings (SSSR count). The molecule has 1 aliphatic rings. The van der Waals surface area contributed by atoms with Crippen molar-refractivity contribution in [2.75, 3.05) is 19.2 Å². The maximum Gasteiger partial charge on any atom is 0.410 e. The van der Waals surface area contributed by atoms with Gasteiger partial charge in [0.05, 0.1) is 0 Å². The summed E-state index contributed by atoms with van der Waals surface area (Å²) in [6.07, 6.45) is 0.208. The molecule has 1 aromatic carbocycles. The van der Waals surface area contributed by atoms with E-state index in [9.17, 15) is 9.59 Å². The summed E-state index contributed by atoms with van der Waals surface area (Å²) in [5.74, 6) is 0.0509. The van der Waals surface area contributed by atoms with Gasteiger partial charge in [0.15, 0.2) is 6.07 Å². The molecule has 1 heterocycles. The number of ether oxygens (including phenoxy) is 3. The van der Waals surface area contributed by atoms with E-state index in [-0.39, 0.29) is 6.07 Å². The molecule has 0 N–H and O–H groups in total. The van der Waals surface area contributed by atoms with Gasteiger partial charge in [-0.25, -0.2) is 9.59 Å². The van der Waals surface area contributed by atoms with Crippen LogP contribution in [-0.2, 0) is 14.3 Å². The van der Waals surface area contributed by atoms with Gasteiger partial charge >= 0.3 is 12.1 Å². The molecule has 7 heteroatoms. The van der Waals surface area contributed by atoms with Gasteiger partial charge in [0.25, 0.3) is 0 Å². The van der Waals surface area contributed by atoms with Crippen LogP contribution in [0.3, 0.4) is 0 Å². The van der Waals surface area contributed by atoms with Crippen LogP contribution in [0.1, 0.15) is 33.6 Å². The van der Waals surface area contributed by atoms with Crippen LogP contribution in [0, 0.1) is 0 Å². The normalized spacial score (nSPS) is 16.9. The molecule has 0 aromatic heterocycles. The van der Waals surface area contributed by atoms with Crippen molar-refractivity contribution < 1.29 is 23.8 Å². The standard InChI is InChI=1S/C18H24ClNO5/c1-17(2,3)25-16(22)20-11-9-18(10-12-20,15(21)23-13-19)24-14-7-5-4-6-8-14/h4-8H,9-13H2,1-3H3. The molecule has 25 heavy (non-hydrogen) atoms. The van der Waals surface area contributed by atoms with E-state index in [1.807, 2.05) is 39.0 Å². The summed E-state index contributed by atoms with van der Waals surface area (Å²) in [7, 11) is 0. The van der Waals surface area contributed by atoms with Crippen molar-refractivity contribution in [1.29, 1.82) is 0 Å². The maximum atomic E-state index is 12.5. The maximum absolute atomic E-state index is 12.5. The second-order valence-electron chi connectivity index (χ2n) is 6.92. The second kappa shape index (κ2) is 7.95. The Hall–Kier alpha value is -1.95. The molecule has 0 unspecified atom stereocenters. The smallest absolute Gasteiger partial charge is 0.410 e. The highest BCUT2D eigenvalue weighted by atomic mass is 35.5. The Morgan fingerprint density at radius 1 is 1.16 bits per heavy atom. The van der Waals surface area contributed by atoms with E-state index in [4.69, 9.17) is 25.8 Å². The van der Waals surface area contributed by atoms with Crippen LogP contribution < -0.4 is 4.74 Å². The lowest BCUT2D eigenvalue weighted by molar-refractivity contribution is -0.164. The van der Waals surface area contributed by atoms with Gasteiger partial charge in [-0.1, -0.05) is 29.8 Å².